The molecule has 3 N–H and O–H groups in total. The molecule has 1 aromatic rings. The molecule has 5 heteroatoms. The second-order valence-electron chi connectivity index (χ2n) is 4.60. The van der Waals surface area contributed by atoms with Crippen LogP contribution in [0.15, 0.2) is 12.4 Å². The summed E-state index contributed by atoms with van der Waals surface area (Å²) in [6.07, 6.45) is 4.02. The number of hydrogen-bond donors (Lipinski definition) is 2. The molecule has 1 heterocycles. The van der Waals surface area contributed by atoms with Gasteiger partial charge in [0.25, 0.3) is 0 Å². The third kappa shape index (κ3) is 4.91. The van der Waals surface area contributed by atoms with Crippen molar-refractivity contribution in [1.29, 1.82) is 0 Å². The largest absolute Gasteiger partial charge is 0.349 e. The van der Waals surface area contributed by atoms with Gasteiger partial charge >= 0.3 is 0 Å². The molecule has 17 heavy (non-hydrogen) atoms. The van der Waals surface area contributed by atoms with E-state index in [1.54, 1.807) is 12.4 Å². The molecule has 0 fully saturated rings. The number of amides is 1. The van der Waals surface area contributed by atoms with E-state index in [1.165, 1.54) is 0 Å². The maximum absolute atomic E-state index is 11.6. The van der Waals surface area contributed by atoms with E-state index in [0.717, 1.165) is 11.4 Å². The Balaban J connectivity index is 2.40. The Labute approximate surface area is 102 Å². The van der Waals surface area contributed by atoms with Gasteiger partial charge in [0.05, 0.1) is 30.2 Å². The van der Waals surface area contributed by atoms with Crippen LogP contribution in [-0.4, -0.2) is 21.9 Å². The van der Waals surface area contributed by atoms with Crippen molar-refractivity contribution in [3.05, 3.63) is 23.8 Å². The number of hydrogen-bond acceptors (Lipinski definition) is 4. The standard InChI is InChI=1S/C12H20N4O/c1-8(2)4-11(13)12(17)16-7-10-6-14-9(3)5-15-10/h5-6,8,11H,4,7,13H2,1-3H3,(H,16,17)/t11-/m0/s1. The first-order valence-corrected chi connectivity index (χ1v) is 5.80. The fraction of sp³-hybridized carbons (Fsp3) is 0.583. The van der Waals surface area contributed by atoms with E-state index in [0.29, 0.717) is 18.9 Å². The van der Waals surface area contributed by atoms with Gasteiger partial charge in [-0.1, -0.05) is 13.8 Å². The number of carbonyl (C=O) groups is 1. The lowest BCUT2D eigenvalue weighted by Crippen LogP contribution is -2.41. The highest BCUT2D eigenvalue weighted by Crippen LogP contribution is 2.02. The lowest BCUT2D eigenvalue weighted by atomic mass is 10.0. The Hall–Kier alpha value is -1.49. The van der Waals surface area contributed by atoms with Crippen molar-refractivity contribution in [3.63, 3.8) is 0 Å². The highest BCUT2D eigenvalue weighted by molar-refractivity contribution is 5.81. The predicted molar refractivity (Wildman–Crippen MR) is 66.0 cm³/mol. The Bertz CT molecular complexity index is 361. The molecule has 0 bridgehead atoms. The average molecular weight is 236 g/mol. The van der Waals surface area contributed by atoms with Crippen molar-refractivity contribution in [2.24, 2.45) is 11.7 Å². The third-order valence-electron chi connectivity index (χ3n) is 2.34. The van der Waals surface area contributed by atoms with Crippen molar-refractivity contribution in [2.45, 2.75) is 39.8 Å². The van der Waals surface area contributed by atoms with Gasteiger partial charge in [-0.15, -0.1) is 0 Å². The third-order valence-corrected chi connectivity index (χ3v) is 2.34. The minimum Gasteiger partial charge on any atom is -0.349 e. The Kier molecular flexibility index (Phi) is 5.03. The highest BCUT2D eigenvalue weighted by Gasteiger charge is 2.14. The normalized spacial score (nSPS) is 12.5. The first-order valence-electron chi connectivity index (χ1n) is 5.80. The van der Waals surface area contributed by atoms with Gasteiger partial charge in [0, 0.05) is 6.20 Å². The van der Waals surface area contributed by atoms with Crippen LogP contribution in [0.25, 0.3) is 0 Å². The summed E-state index contributed by atoms with van der Waals surface area (Å²) in [7, 11) is 0. The second kappa shape index (κ2) is 6.30. The minimum atomic E-state index is -0.451. The van der Waals surface area contributed by atoms with Crippen LogP contribution in [0.4, 0.5) is 0 Å². The molecule has 1 atom stereocenters. The van der Waals surface area contributed by atoms with Gasteiger partial charge in [-0.3, -0.25) is 14.8 Å². The fourth-order valence-electron chi connectivity index (χ4n) is 1.43. The van der Waals surface area contributed by atoms with Crippen molar-refractivity contribution >= 4 is 5.91 Å². The molecule has 1 amide bonds. The van der Waals surface area contributed by atoms with Crippen LogP contribution >= 0.6 is 0 Å². The summed E-state index contributed by atoms with van der Waals surface area (Å²) < 4.78 is 0. The zero-order chi connectivity index (χ0) is 12.8. The van der Waals surface area contributed by atoms with E-state index in [2.05, 4.69) is 15.3 Å². The van der Waals surface area contributed by atoms with Crippen molar-refractivity contribution < 1.29 is 4.79 Å². The molecule has 1 aromatic heterocycles. The molecule has 0 saturated heterocycles. The molecule has 0 aromatic carbocycles. The molecule has 0 spiro atoms. The van der Waals surface area contributed by atoms with Gasteiger partial charge in [0.1, 0.15) is 0 Å². The molecule has 1 rings (SSSR count). The van der Waals surface area contributed by atoms with Crippen LogP contribution < -0.4 is 11.1 Å². The van der Waals surface area contributed by atoms with Crippen molar-refractivity contribution in [3.8, 4) is 0 Å². The lowest BCUT2D eigenvalue weighted by molar-refractivity contribution is -0.122. The van der Waals surface area contributed by atoms with Crippen molar-refractivity contribution in [1.82, 2.24) is 15.3 Å². The van der Waals surface area contributed by atoms with Gasteiger partial charge in [-0.05, 0) is 19.3 Å². The first kappa shape index (κ1) is 13.6. The van der Waals surface area contributed by atoms with Crippen LogP contribution in [0.5, 0.6) is 0 Å². The highest BCUT2D eigenvalue weighted by atomic mass is 16.2. The van der Waals surface area contributed by atoms with Crippen LogP contribution in [0.2, 0.25) is 0 Å². The van der Waals surface area contributed by atoms with Crippen LogP contribution in [0, 0.1) is 12.8 Å². The summed E-state index contributed by atoms with van der Waals surface area (Å²) in [5.41, 5.74) is 7.35. The number of nitrogens with one attached hydrogen (secondary N) is 1. The quantitative estimate of drug-likeness (QED) is 0.791. The average Bonchev–Trinajstić information content (AvgIpc) is 2.27. The SMILES string of the molecule is Cc1cnc(CNC(=O)[C@@H](N)CC(C)C)cn1. The van der Waals surface area contributed by atoms with E-state index >= 15 is 0 Å². The number of carbonyl (C=O) groups excluding carboxylic acids is 1. The second-order valence-corrected chi connectivity index (χ2v) is 4.60. The Morgan fingerprint density at radius 3 is 2.65 bits per heavy atom. The summed E-state index contributed by atoms with van der Waals surface area (Å²) in [6, 6.07) is -0.451. The number of aromatic nitrogens is 2. The zero-order valence-corrected chi connectivity index (χ0v) is 10.6. The molecule has 94 valence electrons. The fourth-order valence-corrected chi connectivity index (χ4v) is 1.43. The number of nitrogens with zero attached hydrogens (tertiary/aromatic N) is 2. The Morgan fingerprint density at radius 2 is 2.12 bits per heavy atom. The monoisotopic (exact) mass is 236 g/mol. The molecule has 0 aliphatic carbocycles. The molecule has 0 aliphatic rings. The number of nitrogens with two attached hydrogens (primary N) is 1. The smallest absolute Gasteiger partial charge is 0.237 e. The zero-order valence-electron chi connectivity index (χ0n) is 10.6. The maximum Gasteiger partial charge on any atom is 0.237 e. The molecule has 0 radical (unpaired) electrons. The van der Waals surface area contributed by atoms with Gasteiger partial charge in [-0.2, -0.15) is 0 Å². The molecular weight excluding hydrogens is 216 g/mol. The van der Waals surface area contributed by atoms with E-state index in [4.69, 9.17) is 5.73 Å². The van der Waals surface area contributed by atoms with Crippen LogP contribution in [-0.2, 0) is 11.3 Å². The van der Waals surface area contributed by atoms with Crippen LogP contribution in [0.3, 0.4) is 0 Å². The van der Waals surface area contributed by atoms with E-state index < -0.39 is 6.04 Å². The summed E-state index contributed by atoms with van der Waals surface area (Å²) >= 11 is 0. The number of aryl methyl sites for hydroxylation is 1. The summed E-state index contributed by atoms with van der Waals surface area (Å²) in [5, 5.41) is 2.76. The van der Waals surface area contributed by atoms with Gasteiger partial charge < -0.3 is 11.1 Å². The predicted octanol–water partition coefficient (Wildman–Crippen LogP) is 0.775. The van der Waals surface area contributed by atoms with Crippen molar-refractivity contribution in [2.75, 3.05) is 0 Å². The first-order chi connectivity index (χ1) is 7.99. The number of rotatable bonds is 5. The molecule has 0 saturated carbocycles. The maximum atomic E-state index is 11.6. The summed E-state index contributed by atoms with van der Waals surface area (Å²) in [5.74, 6) is 0.274. The Morgan fingerprint density at radius 1 is 1.41 bits per heavy atom. The summed E-state index contributed by atoms with van der Waals surface area (Å²) in [4.78, 5) is 19.9. The van der Waals surface area contributed by atoms with Crippen LogP contribution in [0.1, 0.15) is 31.7 Å². The molecule has 0 aliphatic heterocycles. The molecular formula is C12H20N4O. The van der Waals surface area contributed by atoms with Gasteiger partial charge in [0.15, 0.2) is 0 Å². The van der Waals surface area contributed by atoms with E-state index in [9.17, 15) is 4.79 Å². The minimum absolute atomic E-state index is 0.138. The molecule has 5 nitrogen and oxygen atoms in total. The molecule has 0 unspecified atom stereocenters. The topological polar surface area (TPSA) is 80.9 Å². The van der Waals surface area contributed by atoms with E-state index in [1.807, 2.05) is 20.8 Å². The van der Waals surface area contributed by atoms with E-state index in [-0.39, 0.29) is 5.91 Å². The summed E-state index contributed by atoms with van der Waals surface area (Å²) in [6.45, 7) is 6.32. The van der Waals surface area contributed by atoms with Gasteiger partial charge in [-0.25, -0.2) is 0 Å². The lowest BCUT2D eigenvalue weighted by Gasteiger charge is -2.13. The van der Waals surface area contributed by atoms with Gasteiger partial charge in [0.2, 0.25) is 5.91 Å².